The van der Waals surface area contributed by atoms with Gasteiger partial charge in [0.05, 0.1) is 6.04 Å². The lowest BCUT2D eigenvalue weighted by atomic mass is 9.96. The van der Waals surface area contributed by atoms with E-state index in [9.17, 15) is 18.0 Å². The summed E-state index contributed by atoms with van der Waals surface area (Å²) < 4.78 is 53.3. The van der Waals surface area contributed by atoms with Crippen LogP contribution in [0.25, 0.3) is 0 Å². The number of carbonyl (C=O) groups excluding carboxylic acids is 1. The first-order valence-electron chi connectivity index (χ1n) is 10.1. The molecule has 0 radical (unpaired) electrons. The van der Waals surface area contributed by atoms with E-state index in [1.165, 1.54) is 6.07 Å². The maximum Gasteiger partial charge on any atom is 0.410 e. The Labute approximate surface area is 191 Å². The Morgan fingerprint density at radius 2 is 1.97 bits per heavy atom. The molecule has 1 amide bonds. The van der Waals surface area contributed by atoms with Gasteiger partial charge in [-0.2, -0.15) is 18.3 Å². The predicted octanol–water partition coefficient (Wildman–Crippen LogP) is 5.49. The van der Waals surface area contributed by atoms with Gasteiger partial charge >= 0.3 is 6.18 Å². The van der Waals surface area contributed by atoms with Crippen LogP contribution >= 0.6 is 11.6 Å². The molecule has 33 heavy (non-hydrogen) atoms. The molecule has 3 heterocycles. The highest BCUT2D eigenvalue weighted by Gasteiger charge is 2.47. The second kappa shape index (κ2) is 7.87. The summed E-state index contributed by atoms with van der Waals surface area (Å²) in [5.41, 5.74) is 1.68. The van der Waals surface area contributed by atoms with Crippen LogP contribution in [-0.4, -0.2) is 28.7 Å². The maximum atomic E-state index is 13.9. The van der Waals surface area contributed by atoms with Gasteiger partial charge in [-0.1, -0.05) is 23.7 Å². The molecule has 0 spiro atoms. The number of aromatic nitrogens is 2. The van der Waals surface area contributed by atoms with Crippen molar-refractivity contribution in [1.29, 1.82) is 0 Å². The molecule has 2 N–H and O–H groups in total. The minimum absolute atomic E-state index is 0.0689. The van der Waals surface area contributed by atoms with Gasteiger partial charge in [0, 0.05) is 23.2 Å². The lowest BCUT2D eigenvalue weighted by Crippen LogP contribution is -2.35. The van der Waals surface area contributed by atoms with Crippen LogP contribution in [0, 0.1) is 6.92 Å². The first-order chi connectivity index (χ1) is 15.7. The fourth-order valence-corrected chi connectivity index (χ4v) is 4.12. The second-order valence-electron chi connectivity index (χ2n) is 7.88. The number of ether oxygens (including phenoxy) is 2. The van der Waals surface area contributed by atoms with Gasteiger partial charge < -0.3 is 20.1 Å². The summed E-state index contributed by atoms with van der Waals surface area (Å²) in [6, 6.07) is 8.74. The van der Waals surface area contributed by atoms with Crippen LogP contribution in [0.2, 0.25) is 5.02 Å². The molecule has 7 nitrogen and oxygen atoms in total. The topological polar surface area (TPSA) is 77.4 Å². The maximum absolute atomic E-state index is 13.9. The first-order valence-corrected chi connectivity index (χ1v) is 10.5. The van der Waals surface area contributed by atoms with Crippen molar-refractivity contribution >= 4 is 29.0 Å². The minimum atomic E-state index is -4.56. The van der Waals surface area contributed by atoms with Gasteiger partial charge in [0.2, 0.25) is 6.79 Å². The zero-order valence-electron chi connectivity index (χ0n) is 17.2. The van der Waals surface area contributed by atoms with Crippen LogP contribution in [0.15, 0.2) is 42.5 Å². The third-order valence-corrected chi connectivity index (χ3v) is 5.90. The number of anilines is 2. The Morgan fingerprint density at radius 3 is 2.76 bits per heavy atom. The lowest BCUT2D eigenvalue weighted by Gasteiger charge is -2.33. The monoisotopic (exact) mass is 478 g/mol. The number of carbonyl (C=O) groups is 1. The van der Waals surface area contributed by atoms with Gasteiger partial charge in [-0.3, -0.25) is 4.79 Å². The highest BCUT2D eigenvalue weighted by Crippen LogP contribution is 2.45. The molecule has 2 aliphatic heterocycles. The van der Waals surface area contributed by atoms with Crippen LogP contribution in [0.1, 0.15) is 40.1 Å². The predicted molar refractivity (Wildman–Crippen MR) is 115 cm³/mol. The van der Waals surface area contributed by atoms with E-state index < -0.39 is 24.2 Å². The molecule has 2 atom stereocenters. The Morgan fingerprint density at radius 1 is 1.18 bits per heavy atom. The number of alkyl halides is 3. The molecule has 0 bridgehead atoms. The fraction of sp³-hybridized carbons (Fsp3) is 0.273. The van der Waals surface area contributed by atoms with Gasteiger partial charge in [0.15, 0.2) is 23.2 Å². The third kappa shape index (κ3) is 4.06. The van der Waals surface area contributed by atoms with Gasteiger partial charge in [-0.05, 0) is 42.3 Å². The standard InChI is InChI=1S/C22H18ClF3N4O3/c1-11-2-4-13(23)7-14(11)28-21(31)16-9-20-27-15(8-19(22(24,25)26)30(20)29-16)12-3-5-17-18(6-12)33-10-32-17/h2-7,9,15,19,27H,8,10H2,1H3,(H,28,31)/t15-,19+/m1/s1. The van der Waals surface area contributed by atoms with E-state index in [-0.39, 0.29) is 24.7 Å². The highest BCUT2D eigenvalue weighted by molar-refractivity contribution is 6.31. The molecule has 0 unspecified atom stereocenters. The Balaban J connectivity index is 1.45. The van der Waals surface area contributed by atoms with Gasteiger partial charge in [0.25, 0.3) is 5.91 Å². The highest BCUT2D eigenvalue weighted by atomic mass is 35.5. The third-order valence-electron chi connectivity index (χ3n) is 5.67. The van der Waals surface area contributed by atoms with Crippen molar-refractivity contribution in [3.63, 3.8) is 0 Å². The SMILES string of the molecule is Cc1ccc(Cl)cc1NC(=O)c1cc2n(n1)[C@H](C(F)(F)F)C[C@H](c1ccc3c(c1)OCO3)N2. The van der Waals surface area contributed by atoms with E-state index in [1.807, 2.05) is 0 Å². The van der Waals surface area contributed by atoms with Crippen LogP contribution < -0.4 is 20.1 Å². The van der Waals surface area contributed by atoms with Crippen molar-refractivity contribution in [2.45, 2.75) is 31.6 Å². The zero-order valence-corrected chi connectivity index (χ0v) is 18.0. The van der Waals surface area contributed by atoms with E-state index in [0.29, 0.717) is 27.8 Å². The quantitative estimate of drug-likeness (QED) is 0.521. The Kier molecular flexibility index (Phi) is 5.12. The summed E-state index contributed by atoms with van der Waals surface area (Å²) >= 11 is 5.98. The summed E-state index contributed by atoms with van der Waals surface area (Å²) in [6.45, 7) is 1.85. The number of benzene rings is 2. The molecule has 172 valence electrons. The lowest BCUT2D eigenvalue weighted by molar-refractivity contribution is -0.173. The summed E-state index contributed by atoms with van der Waals surface area (Å²) in [6.07, 6.45) is -4.86. The minimum Gasteiger partial charge on any atom is -0.454 e. The van der Waals surface area contributed by atoms with Crippen molar-refractivity contribution in [1.82, 2.24) is 9.78 Å². The van der Waals surface area contributed by atoms with Crippen LogP contribution in [-0.2, 0) is 0 Å². The largest absolute Gasteiger partial charge is 0.454 e. The molecular weight excluding hydrogens is 461 g/mol. The Hall–Kier alpha value is -3.40. The van der Waals surface area contributed by atoms with Gasteiger partial charge in [-0.25, -0.2) is 4.68 Å². The van der Waals surface area contributed by atoms with Crippen LogP contribution in [0.4, 0.5) is 24.7 Å². The molecule has 3 aromatic rings. The van der Waals surface area contributed by atoms with Crippen molar-refractivity contribution in [2.24, 2.45) is 0 Å². The molecule has 0 fully saturated rings. The van der Waals surface area contributed by atoms with Gasteiger partial charge in [0.1, 0.15) is 5.82 Å². The summed E-state index contributed by atoms with van der Waals surface area (Å²) in [5, 5.41) is 10.1. The number of hydrogen-bond acceptors (Lipinski definition) is 5. The molecule has 2 aliphatic rings. The molecule has 5 rings (SSSR count). The molecule has 0 saturated heterocycles. The van der Waals surface area contributed by atoms with Crippen molar-refractivity contribution in [3.05, 3.63) is 64.3 Å². The van der Waals surface area contributed by atoms with E-state index in [0.717, 1.165) is 10.2 Å². The van der Waals surface area contributed by atoms with Crippen molar-refractivity contribution < 1.29 is 27.4 Å². The van der Waals surface area contributed by atoms with E-state index in [1.54, 1.807) is 43.3 Å². The number of nitrogens with zero attached hydrogens (tertiary/aromatic N) is 2. The fourth-order valence-electron chi connectivity index (χ4n) is 3.95. The normalized spacial score (nSPS) is 19.1. The van der Waals surface area contributed by atoms with Crippen LogP contribution in [0.3, 0.4) is 0 Å². The summed E-state index contributed by atoms with van der Waals surface area (Å²) in [5.74, 6) is 0.486. The number of hydrogen-bond donors (Lipinski definition) is 2. The molecule has 0 aliphatic carbocycles. The molecule has 0 saturated carbocycles. The first kappa shape index (κ1) is 21.4. The summed E-state index contributed by atoms with van der Waals surface area (Å²) in [4.78, 5) is 12.8. The average Bonchev–Trinajstić information content (AvgIpc) is 3.41. The molecule has 2 aromatic carbocycles. The smallest absolute Gasteiger partial charge is 0.410 e. The Bertz CT molecular complexity index is 1240. The average molecular weight is 479 g/mol. The number of aryl methyl sites for hydroxylation is 1. The molecule has 11 heteroatoms. The number of amides is 1. The summed E-state index contributed by atoms with van der Waals surface area (Å²) in [7, 11) is 0. The van der Waals surface area contributed by atoms with E-state index in [2.05, 4.69) is 15.7 Å². The number of fused-ring (bicyclic) bond motifs is 2. The van der Waals surface area contributed by atoms with E-state index >= 15 is 0 Å². The number of rotatable bonds is 3. The number of halogens is 4. The molecular formula is C22H18ClF3N4O3. The van der Waals surface area contributed by atoms with E-state index in [4.69, 9.17) is 21.1 Å². The van der Waals surface area contributed by atoms with Crippen LogP contribution in [0.5, 0.6) is 11.5 Å². The molecule has 1 aromatic heterocycles. The van der Waals surface area contributed by atoms with Crippen molar-refractivity contribution in [3.8, 4) is 11.5 Å². The van der Waals surface area contributed by atoms with Gasteiger partial charge in [-0.15, -0.1) is 0 Å². The van der Waals surface area contributed by atoms with Crippen molar-refractivity contribution in [2.75, 3.05) is 17.4 Å². The zero-order chi connectivity index (χ0) is 23.3. The number of nitrogens with one attached hydrogen (secondary N) is 2. The second-order valence-corrected chi connectivity index (χ2v) is 8.31.